The Hall–Kier alpha value is -1.54. The van der Waals surface area contributed by atoms with Crippen molar-refractivity contribution in [3.63, 3.8) is 0 Å². The topological polar surface area (TPSA) is 108 Å². The molecule has 0 saturated heterocycles. The zero-order valence-corrected chi connectivity index (χ0v) is 41.5. The number of quaternary nitrogens is 1. The van der Waals surface area contributed by atoms with Crippen LogP contribution in [-0.4, -0.2) is 68.5 Å². The highest BCUT2D eigenvalue weighted by molar-refractivity contribution is 7.45. The summed E-state index contributed by atoms with van der Waals surface area (Å²) in [5.41, 5.74) is 0. The van der Waals surface area contributed by atoms with Crippen LogP contribution in [0.25, 0.3) is 0 Å². The first kappa shape index (κ1) is 59.5. The molecule has 0 saturated carbocycles. The molecule has 8 nitrogen and oxygen atoms in total. The maximum absolute atomic E-state index is 12.9. The number of hydrogen-bond acceptors (Lipinski definition) is 6. The summed E-state index contributed by atoms with van der Waals surface area (Å²) < 4.78 is 23.2. The Morgan fingerprint density at radius 3 is 1.38 bits per heavy atom. The standard InChI is InChI=1S/C52H99N2O6P/c1-6-8-10-12-14-16-18-19-20-21-22-23-24-25-26-27-28-29-30-31-32-33-34-35-36-38-40-42-44-46-52(56)53-50(49-60-61(57,58)59-48-47-54(3,4)5)51(55)45-43-41-39-37-17-15-13-11-9-7-2/h18-19,21-22,24-25,43,45,50-51,55H,6-17,20,23,26-42,44,46-49H2,1-5H3,(H-,53,56,57,58)/b19-18-,22-21-,25-24-,45-43+. The van der Waals surface area contributed by atoms with Gasteiger partial charge in [0, 0.05) is 6.42 Å². The van der Waals surface area contributed by atoms with Gasteiger partial charge >= 0.3 is 0 Å². The first-order valence-corrected chi connectivity index (χ1v) is 27.0. The van der Waals surface area contributed by atoms with Gasteiger partial charge in [-0.25, -0.2) is 0 Å². The summed E-state index contributed by atoms with van der Waals surface area (Å²) >= 11 is 0. The average molecular weight is 879 g/mol. The van der Waals surface area contributed by atoms with Crippen molar-refractivity contribution >= 4 is 13.7 Å². The number of allylic oxidation sites excluding steroid dienone is 7. The van der Waals surface area contributed by atoms with Crippen molar-refractivity contribution in [2.45, 2.75) is 238 Å². The molecule has 1 amide bonds. The summed E-state index contributed by atoms with van der Waals surface area (Å²) in [6.45, 7) is 4.61. The van der Waals surface area contributed by atoms with Gasteiger partial charge in [-0.3, -0.25) is 9.36 Å². The Labute approximate surface area is 378 Å². The van der Waals surface area contributed by atoms with Crippen LogP contribution in [0.2, 0.25) is 0 Å². The molecular weight excluding hydrogens is 780 g/mol. The van der Waals surface area contributed by atoms with E-state index in [4.69, 9.17) is 9.05 Å². The lowest BCUT2D eigenvalue weighted by Gasteiger charge is -2.29. The summed E-state index contributed by atoms with van der Waals surface area (Å²) in [6, 6.07) is -0.885. The van der Waals surface area contributed by atoms with Crippen molar-refractivity contribution in [1.82, 2.24) is 5.32 Å². The van der Waals surface area contributed by atoms with Gasteiger partial charge in [-0.2, -0.15) is 0 Å². The predicted molar refractivity (Wildman–Crippen MR) is 261 cm³/mol. The van der Waals surface area contributed by atoms with Crippen LogP contribution in [0.1, 0.15) is 226 Å². The number of aliphatic hydroxyl groups excluding tert-OH is 1. The molecule has 0 aliphatic rings. The number of nitrogens with one attached hydrogen (secondary N) is 1. The number of phosphoric ester groups is 1. The lowest BCUT2D eigenvalue weighted by molar-refractivity contribution is -0.870. The van der Waals surface area contributed by atoms with Gasteiger partial charge in [0.25, 0.3) is 7.82 Å². The Balaban J connectivity index is 4.08. The lowest BCUT2D eigenvalue weighted by Crippen LogP contribution is -2.45. The molecule has 0 spiro atoms. The molecule has 358 valence electrons. The van der Waals surface area contributed by atoms with Crippen molar-refractivity contribution in [2.75, 3.05) is 40.9 Å². The minimum absolute atomic E-state index is 0.00176. The molecule has 0 heterocycles. The molecular formula is C52H99N2O6P. The van der Waals surface area contributed by atoms with Gasteiger partial charge in [-0.15, -0.1) is 0 Å². The number of nitrogens with zero attached hydrogens (tertiary/aromatic N) is 1. The number of carbonyl (C=O) groups excluding carboxylic acids is 1. The largest absolute Gasteiger partial charge is 0.756 e. The fraction of sp³-hybridized carbons (Fsp3) is 0.827. The molecule has 0 aromatic heterocycles. The summed E-state index contributed by atoms with van der Waals surface area (Å²) in [4.78, 5) is 25.3. The smallest absolute Gasteiger partial charge is 0.268 e. The molecule has 3 unspecified atom stereocenters. The number of unbranched alkanes of at least 4 members (excludes halogenated alkanes) is 27. The van der Waals surface area contributed by atoms with E-state index in [2.05, 4.69) is 55.6 Å². The summed E-state index contributed by atoms with van der Waals surface area (Å²) in [6.07, 6.45) is 56.1. The fourth-order valence-corrected chi connectivity index (χ4v) is 7.94. The van der Waals surface area contributed by atoms with E-state index in [9.17, 15) is 19.4 Å². The monoisotopic (exact) mass is 879 g/mol. The van der Waals surface area contributed by atoms with Crippen LogP contribution >= 0.6 is 7.82 Å². The van der Waals surface area contributed by atoms with Crippen LogP contribution in [0.3, 0.4) is 0 Å². The normalized spacial score (nSPS) is 14.5. The number of phosphoric acid groups is 1. The average Bonchev–Trinajstić information content (AvgIpc) is 3.21. The van der Waals surface area contributed by atoms with Gasteiger partial charge in [0.05, 0.1) is 39.9 Å². The van der Waals surface area contributed by atoms with Gasteiger partial charge < -0.3 is 28.8 Å². The molecule has 0 rings (SSSR count). The second-order valence-electron chi connectivity index (χ2n) is 18.5. The molecule has 0 aromatic rings. The maximum Gasteiger partial charge on any atom is 0.268 e. The van der Waals surface area contributed by atoms with Crippen molar-refractivity contribution < 1.29 is 32.9 Å². The minimum Gasteiger partial charge on any atom is -0.756 e. The molecule has 0 bridgehead atoms. The summed E-state index contributed by atoms with van der Waals surface area (Å²) in [7, 11) is 1.26. The van der Waals surface area contributed by atoms with E-state index in [1.165, 1.54) is 154 Å². The number of likely N-dealkylation sites (N-methyl/N-ethyl adjacent to an activating group) is 1. The summed E-state index contributed by atoms with van der Waals surface area (Å²) in [5, 5.41) is 13.8. The highest BCUT2D eigenvalue weighted by Gasteiger charge is 2.23. The third kappa shape index (κ3) is 46.3. The number of rotatable bonds is 46. The van der Waals surface area contributed by atoms with E-state index in [-0.39, 0.29) is 19.1 Å². The van der Waals surface area contributed by atoms with E-state index < -0.39 is 20.0 Å². The zero-order valence-electron chi connectivity index (χ0n) is 40.6. The summed E-state index contributed by atoms with van der Waals surface area (Å²) in [5.74, 6) is -0.200. The number of carbonyl (C=O) groups is 1. The second-order valence-corrected chi connectivity index (χ2v) is 19.9. The molecule has 0 aliphatic carbocycles. The van der Waals surface area contributed by atoms with Crippen LogP contribution in [0.5, 0.6) is 0 Å². The molecule has 61 heavy (non-hydrogen) atoms. The quantitative estimate of drug-likeness (QED) is 0.0273. The van der Waals surface area contributed by atoms with Crippen LogP contribution < -0.4 is 10.2 Å². The predicted octanol–water partition coefficient (Wildman–Crippen LogP) is 14.2. The van der Waals surface area contributed by atoms with Crippen LogP contribution in [0.4, 0.5) is 0 Å². The van der Waals surface area contributed by atoms with Crippen LogP contribution in [-0.2, 0) is 18.4 Å². The molecule has 0 fully saturated rings. The second kappa shape index (κ2) is 43.7. The molecule has 0 radical (unpaired) electrons. The molecule has 2 N–H and O–H groups in total. The van der Waals surface area contributed by atoms with Crippen molar-refractivity contribution in [3.05, 3.63) is 48.6 Å². The Bertz CT molecular complexity index is 1130. The minimum atomic E-state index is -4.59. The van der Waals surface area contributed by atoms with E-state index in [0.717, 1.165) is 51.4 Å². The molecule has 0 aliphatic heterocycles. The Kier molecular flexibility index (Phi) is 42.6. The van der Waals surface area contributed by atoms with E-state index >= 15 is 0 Å². The van der Waals surface area contributed by atoms with Crippen molar-refractivity contribution in [1.29, 1.82) is 0 Å². The van der Waals surface area contributed by atoms with Gasteiger partial charge in [0.2, 0.25) is 5.91 Å². The lowest BCUT2D eigenvalue weighted by atomic mass is 10.0. The third-order valence-electron chi connectivity index (χ3n) is 11.3. The molecule has 3 atom stereocenters. The van der Waals surface area contributed by atoms with Crippen LogP contribution in [0.15, 0.2) is 48.6 Å². The Morgan fingerprint density at radius 2 is 0.951 bits per heavy atom. The van der Waals surface area contributed by atoms with E-state index in [0.29, 0.717) is 17.4 Å². The van der Waals surface area contributed by atoms with Gasteiger partial charge in [0.15, 0.2) is 0 Å². The first-order valence-electron chi connectivity index (χ1n) is 25.5. The Morgan fingerprint density at radius 1 is 0.574 bits per heavy atom. The SMILES string of the molecule is CCCCCCC/C=C\C/C=C\C/C=C\CCCCCCCCCCCCCCCCC(=O)NC(COP(=O)([O-])OCC[N+](C)(C)C)C(O)/C=C/CCCCCCCCCC. The first-order chi connectivity index (χ1) is 29.5. The van der Waals surface area contributed by atoms with E-state index in [1.54, 1.807) is 6.08 Å². The highest BCUT2D eigenvalue weighted by atomic mass is 31.2. The van der Waals surface area contributed by atoms with Gasteiger partial charge in [-0.05, 0) is 57.8 Å². The highest BCUT2D eigenvalue weighted by Crippen LogP contribution is 2.38. The third-order valence-corrected chi connectivity index (χ3v) is 12.2. The van der Waals surface area contributed by atoms with Crippen molar-refractivity contribution in [2.24, 2.45) is 0 Å². The fourth-order valence-electron chi connectivity index (χ4n) is 7.22. The molecule has 9 heteroatoms. The molecule has 0 aromatic carbocycles. The van der Waals surface area contributed by atoms with Crippen molar-refractivity contribution in [3.8, 4) is 0 Å². The zero-order chi connectivity index (χ0) is 45.0. The number of amides is 1. The van der Waals surface area contributed by atoms with Gasteiger partial charge in [-0.1, -0.05) is 210 Å². The number of hydrogen-bond donors (Lipinski definition) is 2. The van der Waals surface area contributed by atoms with E-state index in [1.807, 2.05) is 27.2 Å². The van der Waals surface area contributed by atoms with Crippen LogP contribution in [0, 0.1) is 0 Å². The number of aliphatic hydroxyl groups is 1. The van der Waals surface area contributed by atoms with Gasteiger partial charge in [0.1, 0.15) is 13.2 Å². The maximum atomic E-state index is 12.9.